The fourth-order valence-corrected chi connectivity index (χ4v) is 2.75. The van der Waals surface area contributed by atoms with E-state index in [4.69, 9.17) is 23.2 Å². The molecule has 0 unspecified atom stereocenters. The summed E-state index contributed by atoms with van der Waals surface area (Å²) in [5, 5.41) is 12.8. The van der Waals surface area contributed by atoms with Crippen LogP contribution in [0.25, 0.3) is 0 Å². The molecule has 0 aliphatic rings. The quantitative estimate of drug-likeness (QED) is 0.554. The van der Waals surface area contributed by atoms with Gasteiger partial charge in [-0.05, 0) is 36.2 Å². The van der Waals surface area contributed by atoms with Crippen molar-refractivity contribution in [3.63, 3.8) is 0 Å². The molecule has 1 atom stereocenters. The average Bonchev–Trinajstić information content (AvgIpc) is 2.65. The van der Waals surface area contributed by atoms with Crippen LogP contribution in [0.4, 0.5) is 0 Å². The van der Waals surface area contributed by atoms with Crippen LogP contribution in [0.3, 0.4) is 0 Å². The van der Waals surface area contributed by atoms with Gasteiger partial charge in [0.15, 0.2) is 0 Å². The maximum Gasteiger partial charge on any atom is 0.273 e. The normalized spacial score (nSPS) is 11.6. The van der Waals surface area contributed by atoms with E-state index >= 15 is 0 Å². The van der Waals surface area contributed by atoms with Crippen molar-refractivity contribution < 1.29 is 19.5 Å². The highest BCUT2D eigenvalue weighted by Gasteiger charge is 2.26. The van der Waals surface area contributed by atoms with Gasteiger partial charge in [-0.1, -0.05) is 49.2 Å². The maximum atomic E-state index is 12.5. The average molecular weight is 424 g/mol. The standard InChI is InChI=1S/C19H19Cl2N3O4/c1-10(2)16(22-17(26)12-5-3-4-6-14(12)21)19(28)24-23-18(27)13-9-11(20)7-8-15(13)25/h3-10,16,25H,1-2H3,(H,22,26)(H,23,27)(H,24,28)/t16-/m0/s1. The van der Waals surface area contributed by atoms with Crippen LogP contribution in [-0.4, -0.2) is 28.9 Å². The molecule has 0 aromatic heterocycles. The topological polar surface area (TPSA) is 108 Å². The number of halogens is 2. The summed E-state index contributed by atoms with van der Waals surface area (Å²) >= 11 is 11.8. The van der Waals surface area contributed by atoms with Crippen LogP contribution in [-0.2, 0) is 4.79 Å². The number of phenolic OH excluding ortho intramolecular Hbond substituents is 1. The molecule has 0 bridgehead atoms. The highest BCUT2D eigenvalue weighted by molar-refractivity contribution is 6.33. The van der Waals surface area contributed by atoms with Gasteiger partial charge in [0.05, 0.1) is 16.1 Å². The number of nitrogens with one attached hydrogen (secondary N) is 3. The van der Waals surface area contributed by atoms with E-state index in [1.165, 1.54) is 24.3 Å². The van der Waals surface area contributed by atoms with Gasteiger partial charge in [0.25, 0.3) is 17.7 Å². The molecule has 0 saturated carbocycles. The largest absolute Gasteiger partial charge is 0.507 e. The predicted octanol–water partition coefficient (Wildman–Crippen LogP) is 2.91. The molecule has 0 spiro atoms. The Balaban J connectivity index is 2.05. The van der Waals surface area contributed by atoms with E-state index in [0.717, 1.165) is 0 Å². The lowest BCUT2D eigenvalue weighted by atomic mass is 10.0. The van der Waals surface area contributed by atoms with Crippen molar-refractivity contribution in [3.8, 4) is 5.75 Å². The van der Waals surface area contributed by atoms with Gasteiger partial charge in [-0.3, -0.25) is 25.2 Å². The number of amides is 3. The van der Waals surface area contributed by atoms with Gasteiger partial charge in [0.2, 0.25) is 0 Å². The molecule has 4 N–H and O–H groups in total. The minimum atomic E-state index is -0.933. The molecule has 0 fully saturated rings. The van der Waals surface area contributed by atoms with Crippen molar-refractivity contribution in [2.75, 3.05) is 0 Å². The SMILES string of the molecule is CC(C)[C@H](NC(=O)c1ccccc1Cl)C(=O)NNC(=O)c1cc(Cl)ccc1O. The summed E-state index contributed by atoms with van der Waals surface area (Å²) in [6.07, 6.45) is 0. The van der Waals surface area contributed by atoms with E-state index in [0.29, 0.717) is 0 Å². The molecule has 2 rings (SSSR count). The van der Waals surface area contributed by atoms with Crippen LogP contribution in [0, 0.1) is 5.92 Å². The third-order valence-electron chi connectivity index (χ3n) is 3.86. The Morgan fingerprint density at radius 1 is 0.929 bits per heavy atom. The monoisotopic (exact) mass is 423 g/mol. The zero-order valence-corrected chi connectivity index (χ0v) is 16.6. The first-order valence-corrected chi connectivity index (χ1v) is 9.10. The molecule has 7 nitrogen and oxygen atoms in total. The smallest absolute Gasteiger partial charge is 0.273 e. The second-order valence-electron chi connectivity index (χ2n) is 6.28. The predicted molar refractivity (Wildman–Crippen MR) is 106 cm³/mol. The fraction of sp³-hybridized carbons (Fsp3) is 0.211. The van der Waals surface area contributed by atoms with Gasteiger partial charge in [-0.25, -0.2) is 0 Å². The van der Waals surface area contributed by atoms with Crippen molar-refractivity contribution in [1.82, 2.24) is 16.2 Å². The van der Waals surface area contributed by atoms with Crippen LogP contribution in [0.5, 0.6) is 5.75 Å². The van der Waals surface area contributed by atoms with Crippen molar-refractivity contribution in [1.29, 1.82) is 0 Å². The van der Waals surface area contributed by atoms with Crippen LogP contribution in [0.15, 0.2) is 42.5 Å². The minimum absolute atomic E-state index is 0.103. The Hall–Kier alpha value is -2.77. The number of phenols is 1. The van der Waals surface area contributed by atoms with Gasteiger partial charge in [-0.15, -0.1) is 0 Å². The molecule has 0 saturated heterocycles. The highest BCUT2D eigenvalue weighted by Crippen LogP contribution is 2.21. The molecule has 0 aliphatic carbocycles. The zero-order chi connectivity index (χ0) is 20.8. The van der Waals surface area contributed by atoms with Crippen LogP contribution >= 0.6 is 23.2 Å². The van der Waals surface area contributed by atoms with Gasteiger partial charge in [0, 0.05) is 5.02 Å². The number of carbonyl (C=O) groups excluding carboxylic acids is 3. The third kappa shape index (κ3) is 5.37. The van der Waals surface area contributed by atoms with E-state index in [1.54, 1.807) is 32.0 Å². The maximum absolute atomic E-state index is 12.5. The lowest BCUT2D eigenvalue weighted by Gasteiger charge is -2.22. The zero-order valence-electron chi connectivity index (χ0n) is 15.1. The van der Waals surface area contributed by atoms with E-state index in [2.05, 4.69) is 16.2 Å². The van der Waals surface area contributed by atoms with E-state index in [1.807, 2.05) is 0 Å². The van der Waals surface area contributed by atoms with Gasteiger partial charge in [0.1, 0.15) is 11.8 Å². The lowest BCUT2D eigenvalue weighted by molar-refractivity contribution is -0.124. The summed E-state index contributed by atoms with van der Waals surface area (Å²) in [4.78, 5) is 37.0. The molecule has 2 aromatic rings. The molecular formula is C19H19Cl2N3O4. The molecule has 9 heteroatoms. The third-order valence-corrected chi connectivity index (χ3v) is 4.42. The molecule has 3 amide bonds. The van der Waals surface area contributed by atoms with Gasteiger partial charge in [-0.2, -0.15) is 0 Å². The number of benzene rings is 2. The number of hydrazine groups is 1. The Bertz CT molecular complexity index is 902. The van der Waals surface area contributed by atoms with Crippen LogP contribution in [0.2, 0.25) is 10.0 Å². The first-order chi connectivity index (χ1) is 13.2. The highest BCUT2D eigenvalue weighted by atomic mass is 35.5. The fourth-order valence-electron chi connectivity index (χ4n) is 2.35. The van der Waals surface area contributed by atoms with Gasteiger partial charge < -0.3 is 10.4 Å². The second-order valence-corrected chi connectivity index (χ2v) is 7.12. The Morgan fingerprint density at radius 2 is 1.61 bits per heavy atom. The molecular weight excluding hydrogens is 405 g/mol. The molecule has 0 aliphatic heterocycles. The lowest BCUT2D eigenvalue weighted by Crippen LogP contribution is -2.54. The van der Waals surface area contributed by atoms with E-state index in [-0.39, 0.29) is 32.8 Å². The molecule has 148 valence electrons. The summed E-state index contributed by atoms with van der Waals surface area (Å²) in [5.41, 5.74) is 4.56. The molecule has 28 heavy (non-hydrogen) atoms. The van der Waals surface area contributed by atoms with E-state index < -0.39 is 23.8 Å². The van der Waals surface area contributed by atoms with Crippen molar-refractivity contribution in [2.45, 2.75) is 19.9 Å². The summed E-state index contributed by atoms with van der Waals surface area (Å²) in [5.74, 6) is -2.47. The number of hydrogen-bond acceptors (Lipinski definition) is 4. The Kier molecular flexibility index (Phi) is 7.25. The van der Waals surface area contributed by atoms with E-state index in [9.17, 15) is 19.5 Å². The molecule has 2 aromatic carbocycles. The Morgan fingerprint density at radius 3 is 2.25 bits per heavy atom. The summed E-state index contributed by atoms with van der Waals surface area (Å²) in [6.45, 7) is 3.48. The van der Waals surface area contributed by atoms with Crippen LogP contribution in [0.1, 0.15) is 34.6 Å². The van der Waals surface area contributed by atoms with Gasteiger partial charge >= 0.3 is 0 Å². The van der Waals surface area contributed by atoms with Crippen molar-refractivity contribution in [2.24, 2.45) is 5.92 Å². The first kappa shape index (κ1) is 21.5. The summed E-state index contributed by atoms with van der Waals surface area (Å²) < 4.78 is 0. The van der Waals surface area contributed by atoms with Crippen LogP contribution < -0.4 is 16.2 Å². The number of hydrogen-bond donors (Lipinski definition) is 4. The number of aromatic hydroxyl groups is 1. The van der Waals surface area contributed by atoms with Crippen molar-refractivity contribution in [3.05, 3.63) is 63.6 Å². The second kappa shape index (κ2) is 9.43. The number of carbonyl (C=O) groups is 3. The van der Waals surface area contributed by atoms with Crippen molar-refractivity contribution >= 4 is 40.9 Å². The summed E-state index contributed by atoms with van der Waals surface area (Å²) in [7, 11) is 0. The molecule has 0 heterocycles. The minimum Gasteiger partial charge on any atom is -0.507 e. The number of rotatable bonds is 5. The summed E-state index contributed by atoms with van der Waals surface area (Å²) in [6, 6.07) is 9.46. The molecule has 0 radical (unpaired) electrons. The first-order valence-electron chi connectivity index (χ1n) is 8.34. The Labute approximate surface area is 172 Å².